The summed E-state index contributed by atoms with van der Waals surface area (Å²) < 4.78 is 25.0. The lowest BCUT2D eigenvalue weighted by Gasteiger charge is -2.14. The Kier molecular flexibility index (Phi) is 14.4. The smallest absolute Gasteiger partial charge is 0.163 e. The molecule has 1 aliphatic carbocycles. The number of thiophene rings is 1. The Morgan fingerprint density at radius 3 is 2.22 bits per heavy atom. The number of aromatic nitrogens is 4. The van der Waals surface area contributed by atoms with Crippen LogP contribution >= 0.6 is 22.9 Å². The summed E-state index contributed by atoms with van der Waals surface area (Å²) in [6, 6.07) is 23.1. The Morgan fingerprint density at radius 1 is 0.797 bits per heavy atom. The largest absolute Gasteiger partial charge is 0.491 e. The van der Waals surface area contributed by atoms with Crippen LogP contribution < -0.4 is 10.1 Å². The van der Waals surface area contributed by atoms with Crippen molar-refractivity contribution >= 4 is 46.0 Å². The van der Waals surface area contributed by atoms with Crippen LogP contribution in [0.2, 0.25) is 5.02 Å². The van der Waals surface area contributed by atoms with Crippen molar-refractivity contribution in [2.45, 2.75) is 66.3 Å². The molecule has 14 heteroatoms. The van der Waals surface area contributed by atoms with Crippen LogP contribution in [-0.2, 0) is 43.1 Å². The van der Waals surface area contributed by atoms with Crippen LogP contribution in [0.4, 0.5) is 5.82 Å². The molecule has 0 fully saturated rings. The number of aliphatic imine (C=N–C) groups is 1. The van der Waals surface area contributed by atoms with Crippen LogP contribution in [0.5, 0.6) is 5.75 Å². The first-order valence-corrected chi connectivity index (χ1v) is 22.9. The van der Waals surface area contributed by atoms with Crippen LogP contribution in [-0.4, -0.2) is 89.8 Å². The van der Waals surface area contributed by atoms with Crippen molar-refractivity contribution in [3.05, 3.63) is 139 Å². The van der Waals surface area contributed by atoms with Gasteiger partial charge in [0.25, 0.3) is 0 Å². The van der Waals surface area contributed by atoms with E-state index in [1.807, 2.05) is 62.4 Å². The summed E-state index contributed by atoms with van der Waals surface area (Å²) in [5, 5.41) is 14.0. The maximum atomic E-state index is 13.6. The van der Waals surface area contributed by atoms with Gasteiger partial charge >= 0.3 is 0 Å². The summed E-state index contributed by atoms with van der Waals surface area (Å²) in [4.78, 5) is 36.7. The monoisotopic (exact) mass is 900 g/mol. The summed E-state index contributed by atoms with van der Waals surface area (Å²) in [6.07, 6.45) is 1.50. The number of halogens is 1. The highest BCUT2D eigenvalue weighted by Crippen LogP contribution is 2.40. The van der Waals surface area contributed by atoms with E-state index in [1.165, 1.54) is 4.88 Å². The lowest BCUT2D eigenvalue weighted by atomic mass is 9.96. The van der Waals surface area contributed by atoms with Gasteiger partial charge in [0.15, 0.2) is 5.82 Å². The molecule has 332 valence electrons. The van der Waals surface area contributed by atoms with Gasteiger partial charge in [0.2, 0.25) is 0 Å². The summed E-state index contributed by atoms with van der Waals surface area (Å²) in [5.74, 6) is 3.27. The van der Waals surface area contributed by atoms with E-state index in [0.29, 0.717) is 82.2 Å². The molecular formula is C50H53ClN6O6S. The zero-order valence-corrected chi connectivity index (χ0v) is 38.5. The summed E-state index contributed by atoms with van der Waals surface area (Å²) in [5.41, 5.74) is 11.4. The highest BCUT2D eigenvalue weighted by atomic mass is 35.5. The third kappa shape index (κ3) is 10.5. The molecule has 64 heavy (non-hydrogen) atoms. The normalized spacial score (nSPS) is 14.2. The first-order valence-electron chi connectivity index (χ1n) is 21.7. The van der Waals surface area contributed by atoms with Gasteiger partial charge in [-0.25, -0.2) is 4.98 Å². The number of hydrogen-bond acceptors (Lipinski definition) is 12. The molecule has 8 rings (SSSR count). The van der Waals surface area contributed by atoms with Crippen molar-refractivity contribution < 1.29 is 28.5 Å². The van der Waals surface area contributed by atoms with Crippen molar-refractivity contribution in [3.63, 3.8) is 0 Å². The number of aryl methyl sites for hydroxylation is 4. The van der Waals surface area contributed by atoms with Crippen molar-refractivity contribution in [2.24, 2.45) is 4.99 Å². The molecule has 0 spiro atoms. The van der Waals surface area contributed by atoms with Crippen molar-refractivity contribution in [1.29, 1.82) is 0 Å². The number of ether oxygens (including phenoxy) is 4. The molecule has 1 aliphatic heterocycles. The van der Waals surface area contributed by atoms with E-state index in [1.54, 1.807) is 11.3 Å². The van der Waals surface area contributed by atoms with Gasteiger partial charge in [-0.1, -0.05) is 54.1 Å². The van der Waals surface area contributed by atoms with Crippen LogP contribution in [0.25, 0.3) is 16.1 Å². The Morgan fingerprint density at radius 2 is 1.48 bits per heavy atom. The Balaban J connectivity index is 0.712. The minimum atomic E-state index is -0.506. The van der Waals surface area contributed by atoms with Gasteiger partial charge in [-0.3, -0.25) is 19.1 Å². The number of pyridine rings is 1. The van der Waals surface area contributed by atoms with Crippen molar-refractivity contribution in [1.82, 2.24) is 19.7 Å². The molecule has 0 amide bonds. The number of benzene rings is 3. The number of anilines is 1. The van der Waals surface area contributed by atoms with Crippen LogP contribution in [0.1, 0.15) is 73.6 Å². The number of ketones is 2. The lowest BCUT2D eigenvalue weighted by molar-refractivity contribution is -0.119. The maximum absolute atomic E-state index is 13.6. The molecule has 4 heterocycles. The SMILES string of the molecule is Cc1cc(NCCOCCOCCOCCOc2ccc(CC(=O)C[C@@H]3N=C(c4ccc(Cl)cc4)c4c(sc(C)c4C)-n4c(C)nnc43)cc2)nc(C)c1-c1ccc2c(c1)CC(=O)C2. The fourth-order valence-electron chi connectivity index (χ4n) is 8.33. The zero-order chi connectivity index (χ0) is 44.7. The molecule has 0 saturated heterocycles. The lowest BCUT2D eigenvalue weighted by Crippen LogP contribution is -2.15. The Bertz CT molecular complexity index is 2650. The number of rotatable bonds is 20. The molecule has 0 radical (unpaired) electrons. The number of fused-ring (bicyclic) bond motifs is 4. The van der Waals surface area contributed by atoms with Crippen molar-refractivity contribution in [3.8, 4) is 21.9 Å². The molecule has 2 aliphatic rings. The van der Waals surface area contributed by atoms with E-state index in [0.717, 1.165) is 78.1 Å². The topological polar surface area (TPSA) is 139 Å². The second-order valence-corrected chi connectivity index (χ2v) is 17.9. The number of Topliss-reactive ketones (excluding diaryl/α,β-unsaturated/α-hetero) is 2. The minimum Gasteiger partial charge on any atom is -0.491 e. The van der Waals surface area contributed by atoms with E-state index in [2.05, 4.69) is 65.1 Å². The number of carbonyl (C=O) groups excluding carboxylic acids is 2. The standard InChI is InChI=1S/C50H53ClN6O6S/c1-30-24-45(53-32(3)46(30)38-9-8-37-27-42(59)28-39(37)26-38)52-16-17-60-18-19-61-20-21-62-22-23-63-43-14-6-35(7-15-43)25-41(58)29-44-49-56-55-34(5)57(49)50-47(31(2)33(4)64-50)48(54-44)36-10-12-40(51)13-11-36/h6-15,24,26,44H,16-23,25,27-29H2,1-5H3,(H,52,53)/t44-/m0/s1. The van der Waals surface area contributed by atoms with Gasteiger partial charge in [-0.15, -0.1) is 21.5 Å². The maximum Gasteiger partial charge on any atom is 0.163 e. The summed E-state index contributed by atoms with van der Waals surface area (Å²) >= 11 is 7.94. The molecule has 3 aromatic carbocycles. The number of hydrogen-bond donors (Lipinski definition) is 1. The average Bonchev–Trinajstić information content (AvgIpc) is 3.91. The van der Waals surface area contributed by atoms with E-state index in [9.17, 15) is 9.59 Å². The molecule has 1 atom stereocenters. The van der Waals surface area contributed by atoms with E-state index < -0.39 is 6.04 Å². The van der Waals surface area contributed by atoms with E-state index in [-0.39, 0.29) is 24.4 Å². The minimum absolute atomic E-state index is 0.0517. The van der Waals surface area contributed by atoms with Crippen molar-refractivity contribution in [2.75, 3.05) is 58.1 Å². The first-order chi connectivity index (χ1) is 31.0. The Labute approximate surface area is 383 Å². The van der Waals surface area contributed by atoms with Gasteiger partial charge in [0.05, 0.1) is 45.4 Å². The van der Waals surface area contributed by atoms with Crippen LogP contribution in [0.15, 0.2) is 77.8 Å². The van der Waals surface area contributed by atoms with Gasteiger partial charge in [0, 0.05) is 64.5 Å². The number of nitrogens with zero attached hydrogens (tertiary/aromatic N) is 5. The highest BCUT2D eigenvalue weighted by molar-refractivity contribution is 7.15. The van der Waals surface area contributed by atoms with Crippen LogP contribution in [0, 0.1) is 34.6 Å². The van der Waals surface area contributed by atoms with Gasteiger partial charge in [-0.05, 0) is 98.3 Å². The van der Waals surface area contributed by atoms with E-state index in [4.69, 9.17) is 40.5 Å². The zero-order valence-electron chi connectivity index (χ0n) is 37.0. The second-order valence-electron chi connectivity index (χ2n) is 16.2. The van der Waals surface area contributed by atoms with Gasteiger partial charge < -0.3 is 24.3 Å². The number of carbonyl (C=O) groups is 2. The molecule has 0 saturated carbocycles. The predicted molar refractivity (Wildman–Crippen MR) is 251 cm³/mol. The first kappa shape index (κ1) is 45.0. The van der Waals surface area contributed by atoms with Crippen LogP contribution in [0.3, 0.4) is 0 Å². The van der Waals surface area contributed by atoms with Gasteiger partial charge in [-0.2, -0.15) is 0 Å². The second kappa shape index (κ2) is 20.5. The van der Waals surface area contributed by atoms with E-state index >= 15 is 0 Å². The predicted octanol–water partition coefficient (Wildman–Crippen LogP) is 8.89. The fraction of sp³-hybridized carbons (Fsp3) is 0.360. The third-order valence-corrected chi connectivity index (χ3v) is 13.0. The quantitative estimate of drug-likeness (QED) is 0.0740. The molecule has 6 aromatic rings. The molecule has 3 aromatic heterocycles. The molecule has 1 N–H and O–H groups in total. The fourth-order valence-corrected chi connectivity index (χ4v) is 9.67. The average molecular weight is 902 g/mol. The third-order valence-electron chi connectivity index (χ3n) is 11.6. The van der Waals surface area contributed by atoms with Gasteiger partial charge in [0.1, 0.15) is 46.6 Å². The Hall–Kier alpha value is -5.57. The molecule has 12 nitrogen and oxygen atoms in total. The number of nitrogens with one attached hydrogen (secondary N) is 1. The molecule has 0 bridgehead atoms. The highest BCUT2D eigenvalue weighted by Gasteiger charge is 2.32. The molecular weight excluding hydrogens is 848 g/mol. The summed E-state index contributed by atoms with van der Waals surface area (Å²) in [7, 11) is 0. The molecule has 0 unspecified atom stereocenters. The summed E-state index contributed by atoms with van der Waals surface area (Å²) in [6.45, 7) is 14.1.